The second-order valence-electron chi connectivity index (χ2n) is 10.2. The van der Waals surface area contributed by atoms with Crippen molar-refractivity contribution in [2.75, 3.05) is 39.9 Å². The molecule has 0 radical (unpaired) electrons. The zero-order valence-electron chi connectivity index (χ0n) is 21.9. The van der Waals surface area contributed by atoms with Gasteiger partial charge in [-0.2, -0.15) is 0 Å². The summed E-state index contributed by atoms with van der Waals surface area (Å²) in [7, 11) is 1.83. The number of nitrogens with zero attached hydrogens (tertiary/aromatic N) is 3. The van der Waals surface area contributed by atoms with Crippen LogP contribution in [0.2, 0.25) is 0 Å². The van der Waals surface area contributed by atoms with Gasteiger partial charge in [0.25, 0.3) is 0 Å². The second-order valence-corrected chi connectivity index (χ2v) is 10.2. The molecule has 2 aliphatic heterocycles. The van der Waals surface area contributed by atoms with E-state index in [0.29, 0.717) is 18.9 Å². The van der Waals surface area contributed by atoms with Crippen LogP contribution in [0.4, 0.5) is 0 Å². The first-order valence-corrected chi connectivity index (χ1v) is 13.6. The van der Waals surface area contributed by atoms with E-state index in [0.717, 1.165) is 64.0 Å². The van der Waals surface area contributed by atoms with Crippen LogP contribution in [0.25, 0.3) is 5.57 Å². The van der Waals surface area contributed by atoms with E-state index < -0.39 is 0 Å². The molecule has 7 nitrogen and oxygen atoms in total. The van der Waals surface area contributed by atoms with Crippen LogP contribution in [0, 0.1) is 11.8 Å². The predicted molar refractivity (Wildman–Crippen MR) is 145 cm³/mol. The number of likely N-dealkylation sites (tertiary alicyclic amines) is 1. The molecule has 2 N–H and O–H groups in total. The largest absolute Gasteiger partial charge is 0.493 e. The minimum atomic E-state index is 0.0532. The van der Waals surface area contributed by atoms with Crippen molar-refractivity contribution in [3.8, 4) is 5.75 Å². The van der Waals surface area contributed by atoms with Crippen molar-refractivity contribution in [2.45, 2.75) is 58.2 Å². The zero-order chi connectivity index (χ0) is 25.3. The molecule has 2 atom stereocenters. The third-order valence-electron chi connectivity index (χ3n) is 7.70. The Balaban J connectivity index is 1.19. The van der Waals surface area contributed by atoms with E-state index in [4.69, 9.17) is 9.84 Å². The summed E-state index contributed by atoms with van der Waals surface area (Å²) in [6.45, 7) is 5.71. The smallest absolute Gasteiger partial charge is 0.225 e. The van der Waals surface area contributed by atoms with Crippen LogP contribution < -0.4 is 10.1 Å². The van der Waals surface area contributed by atoms with Gasteiger partial charge in [0, 0.05) is 51.6 Å². The van der Waals surface area contributed by atoms with Gasteiger partial charge in [0.2, 0.25) is 5.91 Å². The molecule has 3 aliphatic rings. The van der Waals surface area contributed by atoms with Gasteiger partial charge in [-0.3, -0.25) is 14.7 Å². The molecule has 0 saturated carbocycles. The van der Waals surface area contributed by atoms with Gasteiger partial charge in [0.15, 0.2) is 6.29 Å². The van der Waals surface area contributed by atoms with Gasteiger partial charge in [-0.15, -0.1) is 0 Å². The first-order valence-electron chi connectivity index (χ1n) is 13.6. The lowest BCUT2D eigenvalue weighted by molar-refractivity contribution is -0.134. The molecule has 4 rings (SSSR count). The maximum atomic E-state index is 12.6. The molecule has 1 fully saturated rings. The second kappa shape index (κ2) is 13.1. The standard InChI is InChI=1S/C29H42N4O3/c1-3-22-19-30-29(31-20-22)33-16-13-23(14-17-33)21-36-27-11-9-25(10-12-27)24-5-7-26(8-6-24)28(35)32(2)15-4-18-34/h5,9-12,19-20,23,26,29-30,34H,3-4,6-8,13-18,21H2,1-2H3. The molecule has 196 valence electrons. The van der Waals surface area contributed by atoms with Crippen LogP contribution in [0.5, 0.6) is 5.75 Å². The van der Waals surface area contributed by atoms with Crippen LogP contribution in [-0.4, -0.2) is 73.2 Å². The van der Waals surface area contributed by atoms with Crippen molar-refractivity contribution in [2.24, 2.45) is 16.8 Å². The first-order chi connectivity index (χ1) is 17.6. The fourth-order valence-electron chi connectivity index (χ4n) is 5.22. The Hall–Kier alpha value is -2.64. The highest BCUT2D eigenvalue weighted by atomic mass is 16.5. The Morgan fingerprint density at radius 3 is 2.61 bits per heavy atom. The summed E-state index contributed by atoms with van der Waals surface area (Å²) in [5, 5.41) is 12.4. The van der Waals surface area contributed by atoms with E-state index in [1.807, 2.05) is 13.3 Å². The minimum absolute atomic E-state index is 0.0532. The molecule has 2 heterocycles. The van der Waals surface area contributed by atoms with Gasteiger partial charge in [-0.1, -0.05) is 25.1 Å². The summed E-state index contributed by atoms with van der Waals surface area (Å²) in [5.74, 6) is 1.74. The monoisotopic (exact) mass is 494 g/mol. The van der Waals surface area contributed by atoms with Crippen LogP contribution in [-0.2, 0) is 4.79 Å². The number of hydrogen-bond donors (Lipinski definition) is 2. The molecule has 2 unspecified atom stereocenters. The van der Waals surface area contributed by atoms with E-state index >= 15 is 0 Å². The van der Waals surface area contributed by atoms with Crippen LogP contribution in [0.1, 0.15) is 57.4 Å². The molecule has 1 aromatic rings. The fourth-order valence-corrected chi connectivity index (χ4v) is 5.22. The lowest BCUT2D eigenvalue weighted by atomic mass is 9.86. The number of amides is 1. The number of piperidine rings is 1. The number of nitrogens with one attached hydrogen (secondary N) is 1. The van der Waals surface area contributed by atoms with Crippen molar-refractivity contribution in [3.05, 3.63) is 47.7 Å². The highest BCUT2D eigenvalue weighted by Crippen LogP contribution is 2.32. The van der Waals surface area contributed by atoms with E-state index in [1.165, 1.54) is 16.7 Å². The van der Waals surface area contributed by atoms with Gasteiger partial charge < -0.3 is 20.1 Å². The minimum Gasteiger partial charge on any atom is -0.493 e. The molecule has 7 heteroatoms. The maximum absolute atomic E-state index is 12.6. The normalized spacial score (nSPS) is 23.0. The number of allylic oxidation sites excluding steroid dienone is 3. The van der Waals surface area contributed by atoms with E-state index in [1.54, 1.807) is 4.90 Å². The lowest BCUT2D eigenvalue weighted by Crippen LogP contribution is -2.48. The van der Waals surface area contributed by atoms with E-state index in [9.17, 15) is 4.79 Å². The van der Waals surface area contributed by atoms with Crippen LogP contribution in [0.3, 0.4) is 0 Å². The Bertz CT molecular complexity index is 948. The molecule has 0 bridgehead atoms. The fraction of sp³-hybridized carbons (Fsp3) is 0.586. The third kappa shape index (κ3) is 6.98. The average molecular weight is 495 g/mol. The number of ether oxygens (including phenoxy) is 1. The molecular formula is C29H42N4O3. The van der Waals surface area contributed by atoms with E-state index in [-0.39, 0.29) is 24.7 Å². The topological polar surface area (TPSA) is 77.4 Å². The SMILES string of the molecule is CCC1=CNC(N2CCC(COc3ccc(C4=CCC(C(=O)N(C)CCCO)CC4)cc3)CC2)N=C1. The number of rotatable bonds is 10. The summed E-state index contributed by atoms with van der Waals surface area (Å²) in [6.07, 6.45) is 12.9. The van der Waals surface area contributed by atoms with Gasteiger partial charge in [0.05, 0.1) is 6.61 Å². The number of aliphatic imine (C=N–C) groups is 1. The van der Waals surface area contributed by atoms with Gasteiger partial charge >= 0.3 is 0 Å². The van der Waals surface area contributed by atoms with Crippen molar-refractivity contribution in [3.63, 3.8) is 0 Å². The summed E-state index contributed by atoms with van der Waals surface area (Å²) in [5.41, 5.74) is 3.78. The third-order valence-corrected chi connectivity index (χ3v) is 7.70. The molecule has 0 spiro atoms. The Morgan fingerprint density at radius 2 is 2.00 bits per heavy atom. The number of hydrogen-bond acceptors (Lipinski definition) is 6. The molecule has 1 saturated heterocycles. The summed E-state index contributed by atoms with van der Waals surface area (Å²) >= 11 is 0. The van der Waals surface area contributed by atoms with Gasteiger partial charge in [-0.05, 0) is 79.7 Å². The molecule has 36 heavy (non-hydrogen) atoms. The van der Waals surface area contributed by atoms with Crippen molar-refractivity contribution in [1.82, 2.24) is 15.1 Å². The number of aliphatic hydroxyl groups is 1. The first kappa shape index (κ1) is 26.4. The number of aliphatic hydroxyl groups excluding tert-OH is 1. The Kier molecular flexibility index (Phi) is 9.59. The van der Waals surface area contributed by atoms with Crippen LogP contribution >= 0.6 is 0 Å². The van der Waals surface area contributed by atoms with E-state index in [2.05, 4.69) is 58.7 Å². The number of carbonyl (C=O) groups is 1. The van der Waals surface area contributed by atoms with Crippen LogP contribution in [0.15, 0.2) is 47.1 Å². The summed E-state index contributed by atoms with van der Waals surface area (Å²) in [4.78, 5) is 21.4. The van der Waals surface area contributed by atoms with Crippen molar-refractivity contribution < 1.29 is 14.6 Å². The molecular weight excluding hydrogens is 452 g/mol. The average Bonchev–Trinajstić information content (AvgIpc) is 2.95. The van der Waals surface area contributed by atoms with Gasteiger partial charge in [-0.25, -0.2) is 0 Å². The summed E-state index contributed by atoms with van der Waals surface area (Å²) in [6, 6.07) is 8.43. The van der Waals surface area contributed by atoms with Crippen molar-refractivity contribution in [1.29, 1.82) is 0 Å². The number of carbonyl (C=O) groups excluding carboxylic acids is 1. The molecule has 1 aliphatic carbocycles. The molecule has 1 amide bonds. The molecule has 1 aromatic carbocycles. The Labute approximate surface area is 215 Å². The quantitative estimate of drug-likeness (QED) is 0.513. The van der Waals surface area contributed by atoms with Crippen molar-refractivity contribution >= 4 is 17.7 Å². The van der Waals surface area contributed by atoms with Gasteiger partial charge in [0.1, 0.15) is 5.75 Å². The maximum Gasteiger partial charge on any atom is 0.225 e. The summed E-state index contributed by atoms with van der Waals surface area (Å²) < 4.78 is 6.14. The molecule has 0 aromatic heterocycles. The Morgan fingerprint density at radius 1 is 1.22 bits per heavy atom. The predicted octanol–water partition coefficient (Wildman–Crippen LogP) is 4.05. The lowest BCUT2D eigenvalue weighted by Gasteiger charge is -2.36. The highest BCUT2D eigenvalue weighted by molar-refractivity contribution is 5.80. The number of benzene rings is 1. The highest BCUT2D eigenvalue weighted by Gasteiger charge is 2.26. The zero-order valence-corrected chi connectivity index (χ0v) is 21.9.